The standard InChI is InChI=1S/C18H22N4O4/c1-13-11-15(21(7-9-23)8-10-24)3-5-17(13)19-20-18-6-4-16(22(25)26)12-14(18)2/h3-6,11-12,23-24H,7-10H2,1-2H3. The van der Waals surface area contributed by atoms with Crippen LogP contribution in [0, 0.1) is 24.0 Å². The maximum absolute atomic E-state index is 10.8. The zero-order valence-electron chi connectivity index (χ0n) is 14.8. The number of rotatable bonds is 8. The van der Waals surface area contributed by atoms with Crippen molar-refractivity contribution in [2.45, 2.75) is 13.8 Å². The van der Waals surface area contributed by atoms with Gasteiger partial charge in [0, 0.05) is 30.9 Å². The lowest BCUT2D eigenvalue weighted by atomic mass is 10.1. The van der Waals surface area contributed by atoms with Crippen LogP contribution in [0.5, 0.6) is 0 Å². The van der Waals surface area contributed by atoms with E-state index in [1.165, 1.54) is 12.1 Å². The predicted molar refractivity (Wildman–Crippen MR) is 99.6 cm³/mol. The van der Waals surface area contributed by atoms with Crippen molar-refractivity contribution < 1.29 is 15.1 Å². The number of anilines is 1. The van der Waals surface area contributed by atoms with Crippen LogP contribution in [0.2, 0.25) is 0 Å². The van der Waals surface area contributed by atoms with E-state index in [-0.39, 0.29) is 18.9 Å². The number of aliphatic hydroxyl groups is 2. The van der Waals surface area contributed by atoms with Crippen molar-refractivity contribution in [2.75, 3.05) is 31.2 Å². The molecule has 8 nitrogen and oxygen atoms in total. The number of benzene rings is 2. The third-order valence-electron chi connectivity index (χ3n) is 3.94. The van der Waals surface area contributed by atoms with Crippen LogP contribution >= 0.6 is 0 Å². The molecule has 0 saturated heterocycles. The molecule has 26 heavy (non-hydrogen) atoms. The quantitative estimate of drug-likeness (QED) is 0.427. The molecule has 2 aromatic rings. The van der Waals surface area contributed by atoms with E-state index in [4.69, 9.17) is 10.2 Å². The SMILES string of the molecule is Cc1cc(N(CCO)CCO)ccc1N=Nc1ccc([N+](=O)[O-])cc1C. The molecule has 0 spiro atoms. The third-order valence-corrected chi connectivity index (χ3v) is 3.94. The Morgan fingerprint density at radius 3 is 1.96 bits per heavy atom. The maximum Gasteiger partial charge on any atom is 0.269 e. The molecule has 0 radical (unpaired) electrons. The summed E-state index contributed by atoms with van der Waals surface area (Å²) in [7, 11) is 0. The van der Waals surface area contributed by atoms with Crippen molar-refractivity contribution in [2.24, 2.45) is 10.2 Å². The molecule has 8 heteroatoms. The average molecular weight is 358 g/mol. The van der Waals surface area contributed by atoms with Crippen molar-refractivity contribution in [3.05, 3.63) is 57.6 Å². The minimum atomic E-state index is -0.443. The summed E-state index contributed by atoms with van der Waals surface area (Å²) in [5, 5.41) is 37.5. The fraction of sp³-hybridized carbons (Fsp3) is 0.333. The van der Waals surface area contributed by atoms with E-state index in [0.717, 1.165) is 11.3 Å². The van der Waals surface area contributed by atoms with Crippen LogP contribution < -0.4 is 4.90 Å². The molecule has 0 saturated carbocycles. The minimum absolute atomic E-state index is 0.0000713. The van der Waals surface area contributed by atoms with Gasteiger partial charge >= 0.3 is 0 Å². The van der Waals surface area contributed by atoms with Crippen LogP contribution in [0.25, 0.3) is 0 Å². The first-order chi connectivity index (χ1) is 12.5. The summed E-state index contributed by atoms with van der Waals surface area (Å²) in [6.07, 6.45) is 0. The molecule has 0 amide bonds. The number of hydrogen-bond acceptors (Lipinski definition) is 7. The highest BCUT2D eigenvalue weighted by Crippen LogP contribution is 2.29. The molecular weight excluding hydrogens is 336 g/mol. The minimum Gasteiger partial charge on any atom is -0.395 e. The van der Waals surface area contributed by atoms with Crippen LogP contribution in [0.3, 0.4) is 0 Å². The maximum atomic E-state index is 10.8. The summed E-state index contributed by atoms with van der Waals surface area (Å²) in [5.74, 6) is 0. The van der Waals surface area contributed by atoms with Crippen LogP contribution in [-0.2, 0) is 0 Å². The zero-order chi connectivity index (χ0) is 19.1. The number of non-ortho nitro benzene ring substituents is 1. The van der Waals surface area contributed by atoms with E-state index in [2.05, 4.69) is 10.2 Å². The van der Waals surface area contributed by atoms with Crippen molar-refractivity contribution in [1.29, 1.82) is 0 Å². The Kier molecular flexibility index (Phi) is 6.76. The molecule has 2 N–H and O–H groups in total. The monoisotopic (exact) mass is 358 g/mol. The summed E-state index contributed by atoms with van der Waals surface area (Å²) in [4.78, 5) is 12.2. The molecule has 0 aromatic heterocycles. The van der Waals surface area contributed by atoms with Gasteiger partial charge in [-0.2, -0.15) is 10.2 Å². The lowest BCUT2D eigenvalue weighted by Gasteiger charge is -2.23. The normalized spacial score (nSPS) is 11.1. The molecule has 0 unspecified atom stereocenters. The van der Waals surface area contributed by atoms with Gasteiger partial charge in [-0.15, -0.1) is 0 Å². The number of hydrogen-bond donors (Lipinski definition) is 2. The molecule has 0 aliphatic heterocycles. The highest BCUT2D eigenvalue weighted by molar-refractivity contribution is 5.58. The fourth-order valence-electron chi connectivity index (χ4n) is 2.53. The topological polar surface area (TPSA) is 112 Å². The number of azo groups is 1. The lowest BCUT2D eigenvalue weighted by Crippen LogP contribution is -2.29. The summed E-state index contributed by atoms with van der Waals surface area (Å²) in [6, 6.07) is 10.0. The predicted octanol–water partition coefficient (Wildman–Crippen LogP) is 3.42. The van der Waals surface area contributed by atoms with Crippen LogP contribution in [0.15, 0.2) is 46.6 Å². The molecule has 138 valence electrons. The van der Waals surface area contributed by atoms with E-state index in [0.29, 0.717) is 30.0 Å². The Morgan fingerprint density at radius 2 is 1.50 bits per heavy atom. The molecule has 0 aliphatic carbocycles. The fourth-order valence-corrected chi connectivity index (χ4v) is 2.53. The van der Waals surface area contributed by atoms with Gasteiger partial charge in [0.05, 0.1) is 29.5 Å². The van der Waals surface area contributed by atoms with Gasteiger partial charge in [0.2, 0.25) is 0 Å². The van der Waals surface area contributed by atoms with Crippen molar-refractivity contribution in [3.63, 3.8) is 0 Å². The Morgan fingerprint density at radius 1 is 0.962 bits per heavy atom. The van der Waals surface area contributed by atoms with Crippen molar-refractivity contribution in [3.8, 4) is 0 Å². The first-order valence-corrected chi connectivity index (χ1v) is 8.20. The van der Waals surface area contributed by atoms with Gasteiger partial charge in [0.25, 0.3) is 5.69 Å². The molecule has 2 rings (SSSR count). The van der Waals surface area contributed by atoms with E-state index in [1.54, 1.807) is 13.0 Å². The van der Waals surface area contributed by atoms with Gasteiger partial charge in [-0.1, -0.05) is 0 Å². The van der Waals surface area contributed by atoms with E-state index >= 15 is 0 Å². The number of nitro benzene ring substituents is 1. The van der Waals surface area contributed by atoms with Gasteiger partial charge < -0.3 is 15.1 Å². The van der Waals surface area contributed by atoms with E-state index < -0.39 is 4.92 Å². The molecule has 0 heterocycles. The highest BCUT2D eigenvalue weighted by atomic mass is 16.6. The lowest BCUT2D eigenvalue weighted by molar-refractivity contribution is -0.384. The van der Waals surface area contributed by atoms with Crippen molar-refractivity contribution >= 4 is 22.7 Å². The average Bonchev–Trinajstić information content (AvgIpc) is 2.61. The number of aliphatic hydroxyl groups excluding tert-OH is 2. The largest absolute Gasteiger partial charge is 0.395 e. The summed E-state index contributed by atoms with van der Waals surface area (Å²) >= 11 is 0. The van der Waals surface area contributed by atoms with Gasteiger partial charge in [0.1, 0.15) is 0 Å². The van der Waals surface area contributed by atoms with Gasteiger partial charge in [0.15, 0.2) is 0 Å². The second kappa shape index (κ2) is 9.02. The summed E-state index contributed by atoms with van der Waals surface area (Å²) < 4.78 is 0. The second-order valence-corrected chi connectivity index (χ2v) is 5.83. The highest BCUT2D eigenvalue weighted by Gasteiger charge is 2.09. The van der Waals surface area contributed by atoms with Crippen LogP contribution in [0.1, 0.15) is 11.1 Å². The van der Waals surface area contributed by atoms with Crippen LogP contribution in [-0.4, -0.2) is 41.4 Å². The first kappa shape index (κ1) is 19.5. The van der Waals surface area contributed by atoms with Crippen LogP contribution in [0.4, 0.5) is 22.7 Å². The van der Waals surface area contributed by atoms with Gasteiger partial charge in [-0.25, -0.2) is 0 Å². The Labute approximate surface area is 151 Å². The Hall–Kier alpha value is -2.84. The molecule has 0 bridgehead atoms. The number of aryl methyl sites for hydroxylation is 2. The molecule has 2 aromatic carbocycles. The van der Waals surface area contributed by atoms with E-state index in [9.17, 15) is 10.1 Å². The third kappa shape index (κ3) is 4.84. The summed E-state index contributed by atoms with van der Waals surface area (Å²) in [6.45, 7) is 4.52. The molecule has 0 aliphatic rings. The zero-order valence-corrected chi connectivity index (χ0v) is 14.8. The molecule has 0 atom stereocenters. The Balaban J connectivity index is 2.22. The molecular formula is C18H22N4O4. The number of nitrogens with zero attached hydrogens (tertiary/aromatic N) is 4. The van der Waals surface area contributed by atoms with E-state index in [1.807, 2.05) is 30.0 Å². The number of nitro groups is 1. The Bertz CT molecular complexity index is 802. The van der Waals surface area contributed by atoms with Gasteiger partial charge in [-0.3, -0.25) is 10.1 Å². The first-order valence-electron chi connectivity index (χ1n) is 8.20. The second-order valence-electron chi connectivity index (χ2n) is 5.83. The summed E-state index contributed by atoms with van der Waals surface area (Å²) in [5.41, 5.74) is 3.73. The molecule has 0 fully saturated rings. The smallest absolute Gasteiger partial charge is 0.269 e. The van der Waals surface area contributed by atoms with Gasteiger partial charge in [-0.05, 0) is 49.2 Å². The van der Waals surface area contributed by atoms with Crippen molar-refractivity contribution in [1.82, 2.24) is 0 Å².